The SMILES string of the molecule is CC(N)[C@H](O)C(=O)NC(CCCCN)C(=O)N1CCC[C@H]1C(=O)N[C@@H](CCCN=C(N)N)C(=O)O. The Hall–Kier alpha value is -2.97. The fraction of sp³-hybridized carbons (Fsp3) is 0.762. The van der Waals surface area contributed by atoms with E-state index in [1.807, 2.05) is 0 Å². The minimum Gasteiger partial charge on any atom is -0.480 e. The van der Waals surface area contributed by atoms with E-state index < -0.39 is 54.0 Å². The van der Waals surface area contributed by atoms with Crippen molar-refractivity contribution < 1.29 is 29.4 Å². The van der Waals surface area contributed by atoms with Gasteiger partial charge in [-0.15, -0.1) is 0 Å². The maximum atomic E-state index is 13.3. The number of likely N-dealkylation sites (tertiary alicyclic amines) is 1. The predicted molar refractivity (Wildman–Crippen MR) is 129 cm³/mol. The highest BCUT2D eigenvalue weighted by atomic mass is 16.4. The number of aliphatic hydroxyl groups excluding tert-OH is 1. The molecule has 0 aromatic rings. The predicted octanol–water partition coefficient (Wildman–Crippen LogP) is -3.08. The highest BCUT2D eigenvalue weighted by Gasteiger charge is 2.39. The van der Waals surface area contributed by atoms with Crippen LogP contribution in [0.5, 0.6) is 0 Å². The monoisotopic (exact) mass is 500 g/mol. The second kappa shape index (κ2) is 15.1. The van der Waals surface area contributed by atoms with Gasteiger partial charge in [-0.2, -0.15) is 0 Å². The second-order valence-corrected chi connectivity index (χ2v) is 8.69. The molecule has 1 aliphatic rings. The highest BCUT2D eigenvalue weighted by molar-refractivity contribution is 5.94. The van der Waals surface area contributed by atoms with Crippen molar-refractivity contribution in [2.75, 3.05) is 19.6 Å². The first kappa shape index (κ1) is 30.1. The number of aliphatic carboxylic acids is 1. The van der Waals surface area contributed by atoms with Crippen LogP contribution >= 0.6 is 0 Å². The van der Waals surface area contributed by atoms with Gasteiger partial charge in [0, 0.05) is 19.1 Å². The number of hydrogen-bond acceptors (Lipinski definition) is 8. The van der Waals surface area contributed by atoms with Gasteiger partial charge in [0.05, 0.1) is 0 Å². The summed E-state index contributed by atoms with van der Waals surface area (Å²) < 4.78 is 0. The Morgan fingerprint density at radius 2 is 1.74 bits per heavy atom. The van der Waals surface area contributed by atoms with Crippen LogP contribution in [0.2, 0.25) is 0 Å². The van der Waals surface area contributed by atoms with E-state index in [0.29, 0.717) is 38.6 Å². The molecule has 35 heavy (non-hydrogen) atoms. The van der Waals surface area contributed by atoms with E-state index in [4.69, 9.17) is 22.9 Å². The Balaban J connectivity index is 2.90. The highest BCUT2D eigenvalue weighted by Crippen LogP contribution is 2.20. The summed E-state index contributed by atoms with van der Waals surface area (Å²) in [6.07, 6.45) is 1.27. The number of carbonyl (C=O) groups excluding carboxylic acids is 3. The first-order chi connectivity index (χ1) is 16.5. The summed E-state index contributed by atoms with van der Waals surface area (Å²) in [7, 11) is 0. The molecule has 14 nitrogen and oxygen atoms in total. The molecule has 1 fully saturated rings. The molecule has 0 aromatic heterocycles. The van der Waals surface area contributed by atoms with Crippen LogP contribution in [-0.2, 0) is 19.2 Å². The molecule has 2 unspecified atom stereocenters. The van der Waals surface area contributed by atoms with Gasteiger partial charge in [0.15, 0.2) is 5.96 Å². The van der Waals surface area contributed by atoms with Gasteiger partial charge in [0.25, 0.3) is 5.91 Å². The molecule has 5 atom stereocenters. The Bertz CT molecular complexity index is 758. The van der Waals surface area contributed by atoms with Crippen molar-refractivity contribution in [3.63, 3.8) is 0 Å². The Morgan fingerprint density at radius 1 is 1.09 bits per heavy atom. The number of carboxylic acid groups (broad SMARTS) is 1. The number of guanidine groups is 1. The van der Waals surface area contributed by atoms with Crippen molar-refractivity contribution in [1.82, 2.24) is 15.5 Å². The minimum atomic E-state index is -1.49. The minimum absolute atomic E-state index is 0.103. The van der Waals surface area contributed by atoms with E-state index in [1.54, 1.807) is 0 Å². The number of amides is 3. The largest absolute Gasteiger partial charge is 0.480 e. The topological polar surface area (TPSA) is 252 Å². The normalized spacial score (nSPS) is 18.7. The van der Waals surface area contributed by atoms with E-state index in [2.05, 4.69) is 15.6 Å². The Labute approximate surface area is 204 Å². The molecule has 1 aliphatic heterocycles. The van der Waals surface area contributed by atoms with Crippen molar-refractivity contribution >= 4 is 29.7 Å². The van der Waals surface area contributed by atoms with E-state index in [9.17, 15) is 29.4 Å². The molecule has 3 amide bonds. The fourth-order valence-electron chi connectivity index (χ4n) is 3.78. The second-order valence-electron chi connectivity index (χ2n) is 8.69. The van der Waals surface area contributed by atoms with Gasteiger partial charge in [-0.25, -0.2) is 4.79 Å². The van der Waals surface area contributed by atoms with Crippen molar-refractivity contribution in [2.45, 2.75) is 82.1 Å². The van der Waals surface area contributed by atoms with Gasteiger partial charge in [-0.3, -0.25) is 19.4 Å². The molecular weight excluding hydrogens is 460 g/mol. The molecule has 1 rings (SSSR count). The lowest BCUT2D eigenvalue weighted by Crippen LogP contribution is -2.57. The zero-order valence-electron chi connectivity index (χ0n) is 20.2. The summed E-state index contributed by atoms with van der Waals surface area (Å²) in [4.78, 5) is 55.3. The number of aliphatic imine (C=N–C) groups is 1. The summed E-state index contributed by atoms with van der Waals surface area (Å²) >= 11 is 0. The molecule has 200 valence electrons. The molecule has 12 N–H and O–H groups in total. The molecule has 0 spiro atoms. The van der Waals surface area contributed by atoms with Crippen LogP contribution in [-0.4, -0.2) is 94.7 Å². The fourth-order valence-corrected chi connectivity index (χ4v) is 3.78. The number of nitrogens with two attached hydrogens (primary N) is 4. The van der Waals surface area contributed by atoms with Gasteiger partial charge in [0.2, 0.25) is 11.8 Å². The molecule has 1 saturated heterocycles. The Morgan fingerprint density at radius 3 is 2.31 bits per heavy atom. The van der Waals surface area contributed by atoms with E-state index in [1.165, 1.54) is 11.8 Å². The summed E-state index contributed by atoms with van der Waals surface area (Å²) in [6, 6.07) is -3.87. The number of hydrogen-bond donors (Lipinski definition) is 8. The first-order valence-corrected chi connectivity index (χ1v) is 11.8. The Kier molecular flexibility index (Phi) is 13.0. The van der Waals surface area contributed by atoms with Gasteiger partial charge >= 0.3 is 5.97 Å². The number of rotatable bonds is 15. The molecule has 0 bridgehead atoms. The average molecular weight is 501 g/mol. The number of carbonyl (C=O) groups is 4. The van der Waals surface area contributed by atoms with Crippen molar-refractivity contribution in [3.8, 4) is 0 Å². The summed E-state index contributed by atoms with van der Waals surface area (Å²) in [6.45, 7) is 2.37. The average Bonchev–Trinajstić information content (AvgIpc) is 3.29. The third kappa shape index (κ3) is 10.0. The standard InChI is InChI=1S/C21H40N8O6/c1-12(23)16(30)18(32)27-13(6-2-3-9-22)19(33)29-11-5-8-15(29)17(31)28-14(20(34)35)7-4-10-26-21(24)25/h12-16,30H,2-11,22-23H2,1H3,(H,27,32)(H,28,31)(H,34,35)(H4,24,25,26)/t12?,13?,14-,15-,16-/m0/s1. The third-order valence-corrected chi connectivity index (χ3v) is 5.73. The number of unbranched alkanes of at least 4 members (excludes halogenated alkanes) is 1. The molecule has 0 aromatic carbocycles. The van der Waals surface area contributed by atoms with E-state index >= 15 is 0 Å². The van der Waals surface area contributed by atoms with E-state index in [-0.39, 0.29) is 31.9 Å². The molecule has 0 aliphatic carbocycles. The van der Waals surface area contributed by atoms with Crippen LogP contribution < -0.4 is 33.6 Å². The lowest BCUT2D eigenvalue weighted by molar-refractivity contribution is -0.145. The van der Waals surface area contributed by atoms with Crippen LogP contribution in [0.1, 0.15) is 51.9 Å². The zero-order chi connectivity index (χ0) is 26.5. The quantitative estimate of drug-likeness (QED) is 0.0639. The van der Waals surface area contributed by atoms with Gasteiger partial charge in [0.1, 0.15) is 24.2 Å². The number of aliphatic hydroxyl groups is 1. The molecule has 14 heteroatoms. The van der Waals surface area contributed by atoms with Crippen LogP contribution in [0.25, 0.3) is 0 Å². The maximum Gasteiger partial charge on any atom is 0.326 e. The van der Waals surface area contributed by atoms with Gasteiger partial charge < -0.3 is 48.7 Å². The molecular formula is C21H40N8O6. The van der Waals surface area contributed by atoms with Crippen LogP contribution in [0.4, 0.5) is 0 Å². The smallest absolute Gasteiger partial charge is 0.326 e. The summed E-state index contributed by atoms with van der Waals surface area (Å²) in [5.41, 5.74) is 21.6. The summed E-state index contributed by atoms with van der Waals surface area (Å²) in [5, 5.41) is 24.5. The lowest BCUT2D eigenvalue weighted by Gasteiger charge is -2.30. The van der Waals surface area contributed by atoms with Gasteiger partial charge in [-0.1, -0.05) is 0 Å². The van der Waals surface area contributed by atoms with E-state index in [0.717, 1.165) is 0 Å². The molecule has 0 saturated carbocycles. The number of nitrogens with one attached hydrogen (secondary N) is 2. The lowest BCUT2D eigenvalue weighted by atomic mass is 10.1. The number of nitrogens with zero attached hydrogens (tertiary/aromatic N) is 2. The number of carboxylic acids is 1. The van der Waals surface area contributed by atoms with Crippen LogP contribution in [0.3, 0.4) is 0 Å². The van der Waals surface area contributed by atoms with Crippen LogP contribution in [0.15, 0.2) is 4.99 Å². The van der Waals surface area contributed by atoms with Crippen LogP contribution in [0, 0.1) is 0 Å². The van der Waals surface area contributed by atoms with Crippen molar-refractivity contribution in [3.05, 3.63) is 0 Å². The first-order valence-electron chi connectivity index (χ1n) is 11.8. The van der Waals surface area contributed by atoms with Crippen molar-refractivity contribution in [1.29, 1.82) is 0 Å². The third-order valence-electron chi connectivity index (χ3n) is 5.73. The van der Waals surface area contributed by atoms with Crippen molar-refractivity contribution in [2.24, 2.45) is 27.9 Å². The molecule has 1 heterocycles. The summed E-state index contributed by atoms with van der Waals surface area (Å²) in [5.74, 6) is -3.17. The maximum absolute atomic E-state index is 13.3. The zero-order valence-corrected chi connectivity index (χ0v) is 20.2. The molecule has 0 radical (unpaired) electrons. The van der Waals surface area contributed by atoms with Gasteiger partial charge in [-0.05, 0) is 58.4 Å².